The van der Waals surface area contributed by atoms with Crippen LogP contribution in [0.25, 0.3) is 0 Å². The lowest BCUT2D eigenvalue weighted by atomic mass is 10.3. The molecule has 0 saturated carbocycles. The lowest BCUT2D eigenvalue weighted by molar-refractivity contribution is 0.123. The molecule has 1 atom stereocenters. The number of aliphatic hydroxyl groups excluding tert-OH is 1. The SMILES string of the molecule is NC[C@H](O)CN1CCCSCC1. The molecule has 0 radical (unpaired) electrons. The average molecular weight is 190 g/mol. The summed E-state index contributed by atoms with van der Waals surface area (Å²) in [5, 5.41) is 9.33. The monoisotopic (exact) mass is 190 g/mol. The molecule has 0 spiro atoms. The maximum Gasteiger partial charge on any atom is 0.0789 e. The number of hydrogen-bond acceptors (Lipinski definition) is 4. The molecule has 0 aromatic heterocycles. The first kappa shape index (κ1) is 10.3. The van der Waals surface area contributed by atoms with Crippen molar-refractivity contribution in [2.45, 2.75) is 12.5 Å². The summed E-state index contributed by atoms with van der Waals surface area (Å²) in [5.41, 5.74) is 5.35. The molecule has 0 unspecified atom stereocenters. The summed E-state index contributed by atoms with van der Waals surface area (Å²) in [4.78, 5) is 2.30. The fourth-order valence-corrected chi connectivity index (χ4v) is 2.28. The van der Waals surface area contributed by atoms with Gasteiger partial charge in [-0.2, -0.15) is 11.8 Å². The van der Waals surface area contributed by atoms with E-state index in [-0.39, 0.29) is 6.10 Å². The van der Waals surface area contributed by atoms with E-state index >= 15 is 0 Å². The predicted molar refractivity (Wildman–Crippen MR) is 53.4 cm³/mol. The number of β-amino-alcohol motifs (C(OH)–C–C–N with tert-alkyl or cyclic N) is 1. The molecule has 1 aliphatic rings. The Morgan fingerprint density at radius 2 is 2.25 bits per heavy atom. The van der Waals surface area contributed by atoms with Gasteiger partial charge in [0.25, 0.3) is 0 Å². The van der Waals surface area contributed by atoms with Crippen LogP contribution in [0.3, 0.4) is 0 Å². The molecule has 1 fully saturated rings. The highest BCUT2D eigenvalue weighted by Crippen LogP contribution is 2.09. The molecule has 1 aliphatic heterocycles. The highest BCUT2D eigenvalue weighted by atomic mass is 32.2. The molecule has 1 rings (SSSR count). The fourth-order valence-electron chi connectivity index (χ4n) is 1.35. The standard InChI is InChI=1S/C8H18N2OS/c9-6-8(11)7-10-2-1-4-12-5-3-10/h8,11H,1-7,9H2/t8-/m0/s1. The molecule has 0 aromatic carbocycles. The van der Waals surface area contributed by atoms with Crippen LogP contribution in [0.4, 0.5) is 0 Å². The molecule has 0 aromatic rings. The topological polar surface area (TPSA) is 49.5 Å². The number of nitrogens with two attached hydrogens (primary N) is 1. The molecule has 1 saturated heterocycles. The van der Waals surface area contributed by atoms with Crippen molar-refractivity contribution in [2.75, 3.05) is 37.7 Å². The number of hydrogen-bond donors (Lipinski definition) is 2. The summed E-state index contributed by atoms with van der Waals surface area (Å²) in [6, 6.07) is 0. The minimum Gasteiger partial charge on any atom is -0.390 e. The van der Waals surface area contributed by atoms with Crippen LogP contribution >= 0.6 is 11.8 Å². The first-order valence-electron chi connectivity index (χ1n) is 4.51. The number of aliphatic hydroxyl groups is 1. The smallest absolute Gasteiger partial charge is 0.0789 e. The summed E-state index contributed by atoms with van der Waals surface area (Å²) in [6.07, 6.45) is 0.898. The third-order valence-electron chi connectivity index (χ3n) is 2.06. The average Bonchev–Trinajstić information content (AvgIpc) is 2.33. The second-order valence-electron chi connectivity index (χ2n) is 3.16. The van der Waals surface area contributed by atoms with E-state index in [0.29, 0.717) is 6.54 Å². The van der Waals surface area contributed by atoms with E-state index in [0.717, 1.165) is 19.6 Å². The molecule has 12 heavy (non-hydrogen) atoms. The fraction of sp³-hybridized carbons (Fsp3) is 1.00. The van der Waals surface area contributed by atoms with Crippen molar-refractivity contribution in [3.8, 4) is 0 Å². The molecule has 72 valence electrons. The van der Waals surface area contributed by atoms with Gasteiger partial charge in [-0.25, -0.2) is 0 Å². The second-order valence-corrected chi connectivity index (χ2v) is 4.38. The van der Waals surface area contributed by atoms with E-state index < -0.39 is 0 Å². The van der Waals surface area contributed by atoms with Crippen molar-refractivity contribution in [1.82, 2.24) is 4.90 Å². The van der Waals surface area contributed by atoms with Crippen molar-refractivity contribution in [2.24, 2.45) is 5.73 Å². The van der Waals surface area contributed by atoms with Crippen LogP contribution in [0.5, 0.6) is 0 Å². The summed E-state index contributed by atoms with van der Waals surface area (Å²) < 4.78 is 0. The molecular formula is C8H18N2OS. The van der Waals surface area contributed by atoms with Crippen LogP contribution in [0, 0.1) is 0 Å². The van der Waals surface area contributed by atoms with E-state index in [1.807, 2.05) is 11.8 Å². The van der Waals surface area contributed by atoms with E-state index in [9.17, 15) is 5.11 Å². The van der Waals surface area contributed by atoms with Crippen molar-refractivity contribution in [3.05, 3.63) is 0 Å². The lowest BCUT2D eigenvalue weighted by Gasteiger charge is -2.21. The van der Waals surface area contributed by atoms with Gasteiger partial charge in [0.05, 0.1) is 6.10 Å². The first-order valence-corrected chi connectivity index (χ1v) is 5.66. The zero-order valence-corrected chi connectivity index (χ0v) is 8.22. The Bertz CT molecular complexity index is 116. The Balaban J connectivity index is 2.20. The Morgan fingerprint density at radius 1 is 1.42 bits per heavy atom. The minimum absolute atomic E-state index is 0.340. The molecule has 0 amide bonds. The largest absolute Gasteiger partial charge is 0.390 e. The first-order chi connectivity index (χ1) is 5.83. The second kappa shape index (κ2) is 5.80. The summed E-state index contributed by atoms with van der Waals surface area (Å²) >= 11 is 2.00. The maximum atomic E-state index is 9.33. The molecule has 0 bridgehead atoms. The van der Waals surface area contributed by atoms with Gasteiger partial charge in [0.15, 0.2) is 0 Å². The maximum absolute atomic E-state index is 9.33. The van der Waals surface area contributed by atoms with Crippen molar-refractivity contribution < 1.29 is 5.11 Å². The van der Waals surface area contributed by atoms with Gasteiger partial charge in [-0.15, -0.1) is 0 Å². The molecule has 0 aliphatic carbocycles. The van der Waals surface area contributed by atoms with Crippen molar-refractivity contribution >= 4 is 11.8 Å². The quantitative estimate of drug-likeness (QED) is 0.644. The Kier molecular flexibility index (Phi) is 4.99. The van der Waals surface area contributed by atoms with Gasteiger partial charge < -0.3 is 10.8 Å². The lowest BCUT2D eigenvalue weighted by Crippen LogP contribution is -2.37. The van der Waals surface area contributed by atoms with Crippen LogP contribution in [-0.4, -0.2) is 53.8 Å². The van der Waals surface area contributed by atoms with Crippen molar-refractivity contribution in [1.29, 1.82) is 0 Å². The Hall–Kier alpha value is 0.230. The zero-order chi connectivity index (χ0) is 8.81. The predicted octanol–water partition coefficient (Wildman–Crippen LogP) is -0.255. The number of nitrogens with zero attached hydrogens (tertiary/aromatic N) is 1. The number of rotatable bonds is 3. The summed E-state index contributed by atoms with van der Waals surface area (Å²) in [5.74, 6) is 2.45. The highest BCUT2D eigenvalue weighted by molar-refractivity contribution is 7.99. The molecule has 3 nitrogen and oxygen atoms in total. The third kappa shape index (κ3) is 3.76. The number of thioether (sulfide) groups is 1. The molecule has 3 N–H and O–H groups in total. The molecule has 1 heterocycles. The van der Waals surface area contributed by atoms with Gasteiger partial charge in [0, 0.05) is 25.4 Å². The van der Waals surface area contributed by atoms with Gasteiger partial charge in [-0.1, -0.05) is 0 Å². The van der Waals surface area contributed by atoms with Gasteiger partial charge in [-0.3, -0.25) is 4.90 Å². The van der Waals surface area contributed by atoms with Gasteiger partial charge in [-0.05, 0) is 18.7 Å². The van der Waals surface area contributed by atoms with Gasteiger partial charge >= 0.3 is 0 Å². The van der Waals surface area contributed by atoms with E-state index in [1.54, 1.807) is 0 Å². The Labute approximate surface area is 78.3 Å². The van der Waals surface area contributed by atoms with E-state index in [2.05, 4.69) is 4.90 Å². The third-order valence-corrected chi connectivity index (χ3v) is 3.10. The van der Waals surface area contributed by atoms with Crippen LogP contribution in [0.2, 0.25) is 0 Å². The van der Waals surface area contributed by atoms with Crippen LogP contribution in [-0.2, 0) is 0 Å². The van der Waals surface area contributed by atoms with Crippen LogP contribution in [0.1, 0.15) is 6.42 Å². The van der Waals surface area contributed by atoms with Crippen LogP contribution in [0.15, 0.2) is 0 Å². The van der Waals surface area contributed by atoms with Crippen LogP contribution < -0.4 is 5.73 Å². The van der Waals surface area contributed by atoms with Gasteiger partial charge in [0.2, 0.25) is 0 Å². The summed E-state index contributed by atoms with van der Waals surface area (Å²) in [6.45, 7) is 3.34. The minimum atomic E-state index is -0.340. The van der Waals surface area contributed by atoms with Gasteiger partial charge in [0.1, 0.15) is 0 Å². The summed E-state index contributed by atoms with van der Waals surface area (Å²) in [7, 11) is 0. The van der Waals surface area contributed by atoms with E-state index in [1.165, 1.54) is 17.9 Å². The highest BCUT2D eigenvalue weighted by Gasteiger charge is 2.12. The van der Waals surface area contributed by atoms with Crippen molar-refractivity contribution in [3.63, 3.8) is 0 Å². The Morgan fingerprint density at radius 3 is 3.00 bits per heavy atom. The molecule has 4 heteroatoms. The molecular weight excluding hydrogens is 172 g/mol. The van der Waals surface area contributed by atoms with E-state index in [4.69, 9.17) is 5.73 Å². The normalized spacial score (nSPS) is 23.5. The zero-order valence-electron chi connectivity index (χ0n) is 7.41.